The molecule has 5 aromatic rings. The number of aryl methyl sites for hydroxylation is 1. The van der Waals surface area contributed by atoms with Gasteiger partial charge >= 0.3 is 6.09 Å². The molecule has 0 bridgehead atoms. The van der Waals surface area contributed by atoms with Crippen LogP contribution < -0.4 is 36.8 Å². The lowest BCUT2D eigenvalue weighted by molar-refractivity contribution is -0.131. The van der Waals surface area contributed by atoms with Crippen molar-refractivity contribution >= 4 is 69.9 Å². The first-order valence-corrected chi connectivity index (χ1v) is 23.6. The molecule has 3 unspecified atom stereocenters. The van der Waals surface area contributed by atoms with Crippen molar-refractivity contribution in [2.45, 2.75) is 98.0 Å². The predicted molar refractivity (Wildman–Crippen MR) is 274 cm³/mol. The number of carbonyl (C=O) groups excluding carboxylic acids is 7. The van der Waals surface area contributed by atoms with Gasteiger partial charge in [-0.15, -0.1) is 0 Å². The third-order valence-electron chi connectivity index (χ3n) is 12.6. The van der Waals surface area contributed by atoms with Gasteiger partial charge in [-0.2, -0.15) is 0 Å². The van der Waals surface area contributed by atoms with Gasteiger partial charge in [0.2, 0.25) is 29.5 Å². The van der Waals surface area contributed by atoms with Crippen molar-refractivity contribution in [3.8, 4) is 11.8 Å². The highest BCUT2D eigenvalue weighted by Gasteiger charge is 2.40. The Kier molecular flexibility index (Phi) is 16.9. The van der Waals surface area contributed by atoms with Gasteiger partial charge in [0.05, 0.1) is 30.9 Å². The van der Waals surface area contributed by atoms with Crippen LogP contribution in [0.4, 0.5) is 21.9 Å². The maximum Gasteiger partial charge on any atom is 0.411 e. The van der Waals surface area contributed by atoms with Gasteiger partial charge < -0.3 is 45.6 Å². The molecule has 1 aliphatic rings. The van der Waals surface area contributed by atoms with Gasteiger partial charge in [-0.3, -0.25) is 29.3 Å². The Morgan fingerprint density at radius 1 is 0.775 bits per heavy atom. The minimum atomic E-state index is -0.953. The van der Waals surface area contributed by atoms with Gasteiger partial charge in [-0.1, -0.05) is 103 Å². The Morgan fingerprint density at radius 3 is 2.11 bits per heavy atom. The lowest BCUT2D eigenvalue weighted by atomic mass is 9.76. The molecule has 0 fully saturated rings. The van der Waals surface area contributed by atoms with Crippen LogP contribution in [0, 0.1) is 23.2 Å². The number of nitrogens with zero attached hydrogens (tertiary/aromatic N) is 2. The van der Waals surface area contributed by atoms with Crippen molar-refractivity contribution in [1.82, 2.24) is 25.8 Å². The topological polar surface area (TPSA) is 209 Å². The monoisotopic (exact) mass is 964 g/mol. The molecule has 0 saturated heterocycles. The second kappa shape index (κ2) is 22.8. The Labute approximate surface area is 415 Å². The number of amides is 6. The number of likely N-dealkylation sites (N-methyl/N-ethyl adjacent to an activating group) is 1. The minimum Gasteiger partial charge on any atom is -0.444 e. The number of fused-ring (bicyclic) bond motifs is 3. The molecular weight excluding hydrogens is 901 g/mol. The maximum absolute atomic E-state index is 13.6. The average Bonchev–Trinajstić information content (AvgIpc) is 3.66. The molecule has 16 nitrogen and oxygen atoms in total. The molecule has 6 amide bonds. The number of ether oxygens (including phenoxy) is 1. The van der Waals surface area contributed by atoms with Gasteiger partial charge in [0.1, 0.15) is 18.9 Å². The zero-order valence-corrected chi connectivity index (χ0v) is 41.8. The molecule has 6 N–H and O–H groups in total. The van der Waals surface area contributed by atoms with Crippen LogP contribution >= 0.6 is 0 Å². The molecule has 2 heterocycles. The molecule has 0 aliphatic carbocycles. The van der Waals surface area contributed by atoms with Crippen molar-refractivity contribution in [3.63, 3.8) is 0 Å². The fourth-order valence-electron chi connectivity index (χ4n) is 8.46. The number of rotatable bonds is 18. The van der Waals surface area contributed by atoms with Crippen molar-refractivity contribution in [2.75, 3.05) is 29.1 Å². The number of para-hydroxylation sites is 1. The van der Waals surface area contributed by atoms with E-state index in [0.29, 0.717) is 34.7 Å². The summed E-state index contributed by atoms with van der Waals surface area (Å²) in [6.07, 6.45) is 1.78. The highest BCUT2D eigenvalue weighted by atomic mass is 16.5. The van der Waals surface area contributed by atoms with E-state index in [1.807, 2.05) is 113 Å². The second-order valence-corrected chi connectivity index (χ2v) is 19.7. The molecule has 0 spiro atoms. The number of hydrogen-bond acceptors (Lipinski definition) is 9. The van der Waals surface area contributed by atoms with Crippen LogP contribution in [-0.2, 0) is 59.1 Å². The lowest BCUT2D eigenvalue weighted by Crippen LogP contribution is -2.57. The molecule has 16 heteroatoms. The zero-order valence-electron chi connectivity index (χ0n) is 41.8. The number of anilines is 3. The predicted octanol–water partition coefficient (Wildman–Crippen LogP) is 6.44. The molecule has 6 rings (SSSR count). The summed E-state index contributed by atoms with van der Waals surface area (Å²) >= 11 is 0. The third kappa shape index (κ3) is 13.1. The van der Waals surface area contributed by atoms with E-state index in [9.17, 15) is 33.6 Å². The quantitative estimate of drug-likeness (QED) is 0.0421. The van der Waals surface area contributed by atoms with Crippen LogP contribution in [0.15, 0.2) is 97.2 Å². The number of hydrogen-bond donors (Lipinski definition) is 6. The first-order valence-electron chi connectivity index (χ1n) is 23.6. The first-order chi connectivity index (χ1) is 33.7. The molecule has 372 valence electrons. The standard InChI is InChI=1S/C55H64N8O8/c1-34(2)49(61-46(65)26-27-48(67)63-30-38-16-11-10-14-36(38)20-21-37-15-12-13-17-43(37)63)51(68)57-29-47(66)58-39-22-18-35(19-23-39)33-71-53(70)59-40-24-25-44-41(28-40)42(31-62(44)9)55(6,7)50(56-8)52(69)60-45(32-64)54(3,4)5/h10-19,22-25,28,31-32,34,45,49-50,56H,26-27,29-30,33H2,1-9H3,(H,57,68)(H,58,66)(H,59,70)(H,60,69)(H,61,65). The summed E-state index contributed by atoms with van der Waals surface area (Å²) < 4.78 is 7.47. The molecule has 1 aliphatic heterocycles. The lowest BCUT2D eigenvalue weighted by Gasteiger charge is -2.35. The van der Waals surface area contributed by atoms with Crippen molar-refractivity contribution in [2.24, 2.45) is 18.4 Å². The molecule has 71 heavy (non-hydrogen) atoms. The summed E-state index contributed by atoms with van der Waals surface area (Å²) in [5, 5.41) is 17.7. The van der Waals surface area contributed by atoms with Crippen molar-refractivity contribution in [3.05, 3.63) is 125 Å². The molecule has 0 radical (unpaired) electrons. The van der Waals surface area contributed by atoms with E-state index >= 15 is 0 Å². The second-order valence-electron chi connectivity index (χ2n) is 19.7. The average molecular weight is 965 g/mol. The van der Waals surface area contributed by atoms with Gasteiger partial charge in [0.25, 0.3) is 0 Å². The summed E-state index contributed by atoms with van der Waals surface area (Å²) in [5.41, 5.74) is 5.19. The normalized spacial score (nSPS) is 13.4. The first kappa shape index (κ1) is 52.6. The van der Waals surface area contributed by atoms with E-state index in [4.69, 9.17) is 4.74 Å². The number of aldehydes is 1. The fourth-order valence-corrected chi connectivity index (χ4v) is 8.46. The summed E-state index contributed by atoms with van der Waals surface area (Å²) in [6, 6.07) is 24.8. The molecule has 0 saturated carbocycles. The maximum atomic E-state index is 13.6. The van der Waals surface area contributed by atoms with E-state index < -0.39 is 52.8 Å². The SMILES string of the molecule is CNC(C(=O)NC(C=O)C(C)(C)C)C(C)(C)c1cn(C)c2ccc(NC(=O)OCc3ccc(NC(=O)CNC(=O)C(NC(=O)CCC(=O)N4Cc5ccccc5C#Cc5ccccc54)C(C)C)cc3)cc12. The number of benzene rings is 4. The minimum absolute atomic E-state index is 0.0658. The molecule has 3 atom stereocenters. The van der Waals surface area contributed by atoms with E-state index in [2.05, 4.69) is 43.7 Å². The number of aromatic nitrogens is 1. The van der Waals surface area contributed by atoms with E-state index in [1.165, 1.54) is 0 Å². The number of carbonyl (C=O) groups is 7. The highest BCUT2D eigenvalue weighted by molar-refractivity contribution is 5.99. The molecular formula is C55H64N8O8. The van der Waals surface area contributed by atoms with Gasteiger partial charge in [-0.05, 0) is 83.6 Å². The zero-order chi connectivity index (χ0) is 51.6. The van der Waals surface area contributed by atoms with Crippen LogP contribution in [0.2, 0.25) is 0 Å². The Bertz CT molecular complexity index is 2870. The smallest absolute Gasteiger partial charge is 0.411 e. The van der Waals surface area contributed by atoms with E-state index in [0.717, 1.165) is 33.9 Å². The summed E-state index contributed by atoms with van der Waals surface area (Å²) in [4.78, 5) is 93.0. The van der Waals surface area contributed by atoms with Crippen LogP contribution in [0.25, 0.3) is 10.9 Å². The van der Waals surface area contributed by atoms with E-state index in [-0.39, 0.29) is 43.7 Å². The molecule has 4 aromatic carbocycles. The molecule has 1 aromatic heterocycles. The summed E-state index contributed by atoms with van der Waals surface area (Å²) in [7, 11) is 3.61. The Balaban J connectivity index is 0.968. The van der Waals surface area contributed by atoms with Gasteiger partial charge in [0.15, 0.2) is 0 Å². The van der Waals surface area contributed by atoms with Crippen LogP contribution in [0.1, 0.15) is 89.1 Å². The van der Waals surface area contributed by atoms with Crippen LogP contribution in [-0.4, -0.2) is 78.2 Å². The van der Waals surface area contributed by atoms with Gasteiger partial charge in [0, 0.05) is 64.9 Å². The third-order valence-corrected chi connectivity index (χ3v) is 12.6. The summed E-state index contributed by atoms with van der Waals surface area (Å²) in [6.45, 7) is 13.0. The Hall–Kier alpha value is -7.77. The van der Waals surface area contributed by atoms with E-state index in [1.54, 1.807) is 56.1 Å². The van der Waals surface area contributed by atoms with Gasteiger partial charge in [-0.25, -0.2) is 4.79 Å². The Morgan fingerprint density at radius 2 is 1.44 bits per heavy atom. The largest absolute Gasteiger partial charge is 0.444 e. The van der Waals surface area contributed by atoms with Crippen molar-refractivity contribution < 1.29 is 38.3 Å². The van der Waals surface area contributed by atoms with Crippen molar-refractivity contribution in [1.29, 1.82) is 0 Å². The fraction of sp³-hybridized carbons (Fsp3) is 0.364. The highest BCUT2D eigenvalue weighted by Crippen LogP contribution is 2.36. The van der Waals surface area contributed by atoms with Crippen LogP contribution in [0.3, 0.4) is 0 Å². The number of nitrogens with one attached hydrogen (secondary N) is 6. The van der Waals surface area contributed by atoms with Crippen LogP contribution in [0.5, 0.6) is 0 Å². The summed E-state index contributed by atoms with van der Waals surface area (Å²) in [5.74, 6) is 3.94.